The summed E-state index contributed by atoms with van der Waals surface area (Å²) in [4.78, 5) is 27.4. The Labute approximate surface area is 157 Å². The van der Waals surface area contributed by atoms with E-state index in [1.807, 2.05) is 50.2 Å². The van der Waals surface area contributed by atoms with Gasteiger partial charge < -0.3 is 0 Å². The average Bonchev–Trinajstić information content (AvgIpc) is 3.34. The molecule has 2 atom stereocenters. The number of fused-ring (bicyclic) bond motifs is 2. The molecule has 0 aromatic heterocycles. The second-order valence-corrected chi connectivity index (χ2v) is 7.53. The van der Waals surface area contributed by atoms with Crippen LogP contribution in [0.15, 0.2) is 46.7 Å². The molecule has 0 saturated carbocycles. The molecule has 6 nitrogen and oxygen atoms in total. The van der Waals surface area contributed by atoms with Crippen molar-refractivity contribution < 1.29 is 9.59 Å². The lowest BCUT2D eigenvalue weighted by Gasteiger charge is -2.21. The molecule has 0 radical (unpaired) electrons. The van der Waals surface area contributed by atoms with E-state index >= 15 is 0 Å². The van der Waals surface area contributed by atoms with E-state index in [1.54, 1.807) is 5.01 Å². The predicted molar refractivity (Wildman–Crippen MR) is 102 cm³/mol. The van der Waals surface area contributed by atoms with Gasteiger partial charge >= 0.3 is 0 Å². The van der Waals surface area contributed by atoms with Crippen molar-refractivity contribution in [1.29, 1.82) is 0 Å². The maximum Gasteiger partial charge on any atom is 0.263 e. The highest BCUT2D eigenvalue weighted by molar-refractivity contribution is 6.26. The molecule has 136 valence electrons. The lowest BCUT2D eigenvalue weighted by atomic mass is 10.1. The van der Waals surface area contributed by atoms with Crippen LogP contribution in [0.2, 0.25) is 0 Å². The molecule has 1 saturated heterocycles. The van der Waals surface area contributed by atoms with Crippen molar-refractivity contribution in [3.8, 4) is 0 Å². The van der Waals surface area contributed by atoms with E-state index in [0.29, 0.717) is 5.69 Å². The van der Waals surface area contributed by atoms with Crippen LogP contribution in [-0.2, 0) is 22.4 Å². The summed E-state index contributed by atoms with van der Waals surface area (Å²) in [5.74, 6) is -0.552. The van der Waals surface area contributed by atoms with Crippen LogP contribution >= 0.6 is 0 Å². The molecule has 27 heavy (non-hydrogen) atoms. The highest BCUT2D eigenvalue weighted by atomic mass is 16.2. The van der Waals surface area contributed by atoms with Crippen LogP contribution in [0, 0.1) is 13.8 Å². The van der Waals surface area contributed by atoms with Gasteiger partial charge in [0.2, 0.25) is 0 Å². The standard InChI is InChI=1S/C21H20N4O2/c1-12-6-8-17(10-13(12)2)25-19-18(22-23-25)20(26)24(21(19)27)16-9-7-14-4-3-5-15(14)11-16/h6-11,18-19H,3-5H2,1-2H3. The molecule has 0 N–H and O–H groups in total. The number of benzene rings is 2. The zero-order chi connectivity index (χ0) is 18.7. The summed E-state index contributed by atoms with van der Waals surface area (Å²) in [6.45, 7) is 4.05. The number of nitrogens with zero attached hydrogens (tertiary/aromatic N) is 4. The molecule has 2 unspecified atom stereocenters. The molecule has 2 aromatic rings. The van der Waals surface area contributed by atoms with Crippen LogP contribution < -0.4 is 9.91 Å². The minimum Gasteiger partial charge on any atom is -0.271 e. The molecule has 6 heteroatoms. The first kappa shape index (κ1) is 16.2. The van der Waals surface area contributed by atoms with Crippen molar-refractivity contribution in [2.45, 2.75) is 45.2 Å². The van der Waals surface area contributed by atoms with Crippen molar-refractivity contribution in [2.24, 2.45) is 10.3 Å². The van der Waals surface area contributed by atoms with Gasteiger partial charge in [0, 0.05) is 0 Å². The van der Waals surface area contributed by atoms with Crippen LogP contribution in [0.3, 0.4) is 0 Å². The lowest BCUT2D eigenvalue weighted by Crippen LogP contribution is -2.40. The normalized spacial score (nSPS) is 23.3. The Bertz CT molecular complexity index is 1010. The molecule has 2 heterocycles. The number of anilines is 2. The fraction of sp³-hybridized carbons (Fsp3) is 0.333. The third-order valence-electron chi connectivity index (χ3n) is 5.88. The summed E-state index contributed by atoms with van der Waals surface area (Å²) in [5.41, 5.74) is 6.26. The maximum absolute atomic E-state index is 13.2. The smallest absolute Gasteiger partial charge is 0.263 e. The van der Waals surface area contributed by atoms with Crippen LogP contribution in [-0.4, -0.2) is 23.9 Å². The van der Waals surface area contributed by atoms with Gasteiger partial charge in [-0.25, -0.2) is 9.91 Å². The van der Waals surface area contributed by atoms with E-state index in [2.05, 4.69) is 10.3 Å². The number of rotatable bonds is 2. The Kier molecular flexibility index (Phi) is 3.44. The summed E-state index contributed by atoms with van der Waals surface area (Å²) in [6, 6.07) is 10.3. The summed E-state index contributed by atoms with van der Waals surface area (Å²) in [6.07, 6.45) is 3.19. The number of hydrogen-bond acceptors (Lipinski definition) is 5. The Morgan fingerprint density at radius 2 is 1.67 bits per heavy atom. The Morgan fingerprint density at radius 1 is 0.889 bits per heavy atom. The zero-order valence-corrected chi connectivity index (χ0v) is 15.3. The van der Waals surface area contributed by atoms with E-state index in [-0.39, 0.29) is 11.8 Å². The molecular formula is C21H20N4O2. The third kappa shape index (κ3) is 2.32. The first-order valence-electron chi connectivity index (χ1n) is 9.31. The molecule has 0 bridgehead atoms. The van der Waals surface area contributed by atoms with E-state index < -0.39 is 12.1 Å². The van der Waals surface area contributed by atoms with Gasteiger partial charge in [-0.2, -0.15) is 5.11 Å². The van der Waals surface area contributed by atoms with Gasteiger partial charge in [-0.15, -0.1) is 0 Å². The maximum atomic E-state index is 13.2. The number of aryl methyl sites for hydroxylation is 4. The quantitative estimate of drug-likeness (QED) is 0.772. The van der Waals surface area contributed by atoms with Crippen LogP contribution in [0.1, 0.15) is 28.7 Å². The van der Waals surface area contributed by atoms with Gasteiger partial charge in [-0.05, 0) is 79.6 Å². The highest BCUT2D eigenvalue weighted by Crippen LogP contribution is 2.36. The fourth-order valence-electron chi connectivity index (χ4n) is 4.19. The van der Waals surface area contributed by atoms with E-state index in [1.165, 1.54) is 21.6 Å². The van der Waals surface area contributed by atoms with Gasteiger partial charge in [0.25, 0.3) is 11.8 Å². The van der Waals surface area contributed by atoms with Crippen molar-refractivity contribution in [1.82, 2.24) is 0 Å². The van der Waals surface area contributed by atoms with Crippen LogP contribution in [0.25, 0.3) is 0 Å². The molecule has 2 aliphatic heterocycles. The second kappa shape index (κ2) is 5.74. The monoisotopic (exact) mass is 360 g/mol. The topological polar surface area (TPSA) is 65.3 Å². The van der Waals surface area contributed by atoms with E-state index in [0.717, 1.165) is 30.5 Å². The first-order valence-corrected chi connectivity index (χ1v) is 9.31. The van der Waals surface area contributed by atoms with Gasteiger partial charge in [0.05, 0.1) is 11.4 Å². The molecule has 5 rings (SSSR count). The summed E-state index contributed by atoms with van der Waals surface area (Å²) < 4.78 is 0. The molecule has 0 spiro atoms. The number of carbonyl (C=O) groups is 2. The fourth-order valence-corrected chi connectivity index (χ4v) is 4.19. The average molecular weight is 360 g/mol. The van der Waals surface area contributed by atoms with E-state index in [9.17, 15) is 9.59 Å². The summed E-state index contributed by atoms with van der Waals surface area (Å²) in [7, 11) is 0. The minimum atomic E-state index is -0.771. The number of hydrogen-bond donors (Lipinski definition) is 0. The molecule has 3 aliphatic rings. The first-order chi connectivity index (χ1) is 13.0. The molecule has 1 aliphatic carbocycles. The third-order valence-corrected chi connectivity index (χ3v) is 5.88. The van der Waals surface area contributed by atoms with Gasteiger partial charge in [0.15, 0.2) is 12.1 Å². The van der Waals surface area contributed by atoms with Crippen molar-refractivity contribution in [3.05, 3.63) is 58.7 Å². The highest BCUT2D eigenvalue weighted by Gasteiger charge is 2.55. The summed E-state index contributed by atoms with van der Waals surface area (Å²) >= 11 is 0. The zero-order valence-electron chi connectivity index (χ0n) is 15.3. The van der Waals surface area contributed by atoms with Gasteiger partial charge in [0.1, 0.15) is 0 Å². The largest absolute Gasteiger partial charge is 0.271 e. The van der Waals surface area contributed by atoms with Gasteiger partial charge in [-0.1, -0.05) is 17.4 Å². The molecule has 2 aromatic carbocycles. The van der Waals surface area contributed by atoms with Crippen LogP contribution in [0.5, 0.6) is 0 Å². The Morgan fingerprint density at radius 3 is 2.48 bits per heavy atom. The number of imide groups is 1. The molecule has 1 fully saturated rings. The number of amides is 2. The molecular weight excluding hydrogens is 340 g/mol. The second-order valence-electron chi connectivity index (χ2n) is 7.53. The lowest BCUT2D eigenvalue weighted by molar-refractivity contribution is -0.121. The Balaban J connectivity index is 1.50. The van der Waals surface area contributed by atoms with E-state index in [4.69, 9.17) is 0 Å². The number of carbonyl (C=O) groups excluding carboxylic acids is 2. The van der Waals surface area contributed by atoms with Gasteiger partial charge in [-0.3, -0.25) is 9.59 Å². The minimum absolute atomic E-state index is 0.258. The van der Waals surface area contributed by atoms with Crippen molar-refractivity contribution in [2.75, 3.05) is 9.91 Å². The SMILES string of the molecule is Cc1ccc(N2N=NC3C(=O)N(c4ccc5c(c4)CCC5)C(=O)C32)cc1C. The Hall–Kier alpha value is -3.02. The molecule has 2 amide bonds. The van der Waals surface area contributed by atoms with Crippen LogP contribution in [0.4, 0.5) is 11.4 Å². The van der Waals surface area contributed by atoms with Crippen molar-refractivity contribution >= 4 is 23.2 Å². The van der Waals surface area contributed by atoms with Crippen molar-refractivity contribution in [3.63, 3.8) is 0 Å². The summed E-state index contributed by atoms with van der Waals surface area (Å²) in [5, 5.41) is 9.85. The predicted octanol–water partition coefficient (Wildman–Crippen LogP) is 3.29.